The van der Waals surface area contributed by atoms with E-state index in [1.807, 2.05) is 35.2 Å². The van der Waals surface area contributed by atoms with E-state index in [0.29, 0.717) is 24.7 Å². The lowest BCUT2D eigenvalue weighted by Gasteiger charge is -2.29. The molecule has 0 unspecified atom stereocenters. The van der Waals surface area contributed by atoms with E-state index >= 15 is 0 Å². The zero-order chi connectivity index (χ0) is 19.8. The smallest absolute Gasteiger partial charge is 0.273 e. The molecule has 0 spiro atoms. The Bertz CT molecular complexity index is 1040. The van der Waals surface area contributed by atoms with Crippen LogP contribution >= 0.6 is 0 Å². The summed E-state index contributed by atoms with van der Waals surface area (Å²) < 4.78 is 2.26. The van der Waals surface area contributed by atoms with Gasteiger partial charge in [-0.15, -0.1) is 10.2 Å². The lowest BCUT2D eigenvalue weighted by molar-refractivity contribution is 0.0755. The van der Waals surface area contributed by atoms with Gasteiger partial charge in [0.25, 0.3) is 5.91 Å². The van der Waals surface area contributed by atoms with Crippen LogP contribution in [0.25, 0.3) is 10.8 Å². The van der Waals surface area contributed by atoms with Gasteiger partial charge in [0.2, 0.25) is 0 Å². The van der Waals surface area contributed by atoms with Crippen molar-refractivity contribution in [1.82, 2.24) is 29.5 Å². The third kappa shape index (κ3) is 3.40. The number of hydrogen-bond donors (Lipinski definition) is 0. The Morgan fingerprint density at radius 1 is 1.07 bits per heavy atom. The predicted molar refractivity (Wildman–Crippen MR) is 111 cm³/mol. The average molecular weight is 390 g/mol. The summed E-state index contributed by atoms with van der Waals surface area (Å²) in [5.74, 6) is 2.51. The number of amides is 1. The number of carbonyl (C=O) groups excluding carboxylic acids is 1. The molecule has 1 aromatic carbocycles. The number of nitrogens with zero attached hydrogens (tertiary/aromatic N) is 6. The maximum atomic E-state index is 13.3. The van der Waals surface area contributed by atoms with Gasteiger partial charge in [0.05, 0.1) is 0 Å². The number of benzene rings is 1. The van der Waals surface area contributed by atoms with E-state index in [-0.39, 0.29) is 5.91 Å². The van der Waals surface area contributed by atoms with Gasteiger partial charge < -0.3 is 14.4 Å². The molecule has 0 radical (unpaired) electrons. The molecular formula is C22H26N6O. The van der Waals surface area contributed by atoms with Gasteiger partial charge in [-0.1, -0.05) is 24.3 Å². The second-order valence-electron chi connectivity index (χ2n) is 8.15. The minimum Gasteiger partial charge on any atom is -0.335 e. The zero-order valence-electron chi connectivity index (χ0n) is 16.8. The molecule has 3 aromatic rings. The van der Waals surface area contributed by atoms with Crippen molar-refractivity contribution in [3.05, 3.63) is 53.9 Å². The number of carbonyl (C=O) groups is 1. The van der Waals surface area contributed by atoms with Crippen LogP contribution in [0.3, 0.4) is 0 Å². The summed E-state index contributed by atoms with van der Waals surface area (Å²) in [6.45, 7) is 4.23. The van der Waals surface area contributed by atoms with Crippen molar-refractivity contribution in [3.8, 4) is 0 Å². The summed E-state index contributed by atoms with van der Waals surface area (Å²) in [5.41, 5.74) is 0.537. The summed E-state index contributed by atoms with van der Waals surface area (Å²) in [5, 5.41) is 11.0. The first-order chi connectivity index (χ1) is 14.2. The number of piperidine rings is 1. The molecule has 4 heterocycles. The maximum absolute atomic E-state index is 13.3. The van der Waals surface area contributed by atoms with E-state index in [1.165, 1.54) is 6.42 Å². The standard InChI is InChI=1S/C22H26N6O/c1-26-11-4-6-17(15-26)21-25-24-19-9-12-27(13-14-28(19)21)22(29)20-18-7-3-2-5-16(18)8-10-23-20/h2-3,5,7-8,10,17H,4,6,9,11-15H2,1H3/t17-/m0/s1. The van der Waals surface area contributed by atoms with Gasteiger partial charge in [-0.3, -0.25) is 9.78 Å². The Morgan fingerprint density at radius 3 is 2.86 bits per heavy atom. The summed E-state index contributed by atoms with van der Waals surface area (Å²) >= 11 is 0. The quantitative estimate of drug-likeness (QED) is 0.672. The first-order valence-electron chi connectivity index (χ1n) is 10.4. The van der Waals surface area contributed by atoms with Crippen LogP contribution in [0.15, 0.2) is 36.5 Å². The molecule has 5 rings (SSSR count). The molecule has 1 atom stereocenters. The SMILES string of the molecule is CN1CCC[C@H](c2nnc3n2CCN(C(=O)c2nccc4ccccc24)CC3)C1. The fourth-order valence-electron chi connectivity index (χ4n) is 4.67. The van der Waals surface area contributed by atoms with Gasteiger partial charge in [0, 0.05) is 50.1 Å². The van der Waals surface area contributed by atoms with Gasteiger partial charge in [-0.2, -0.15) is 0 Å². The van der Waals surface area contributed by atoms with Crippen molar-refractivity contribution >= 4 is 16.7 Å². The van der Waals surface area contributed by atoms with Crippen LogP contribution in [-0.2, 0) is 13.0 Å². The Hall–Kier alpha value is -2.80. The van der Waals surface area contributed by atoms with Crippen LogP contribution in [0.1, 0.15) is 40.9 Å². The third-order valence-corrected chi connectivity index (χ3v) is 6.21. The molecule has 2 aliphatic heterocycles. The second-order valence-corrected chi connectivity index (χ2v) is 8.15. The molecule has 29 heavy (non-hydrogen) atoms. The number of hydrogen-bond acceptors (Lipinski definition) is 5. The monoisotopic (exact) mass is 390 g/mol. The Kier molecular flexibility index (Phi) is 4.75. The van der Waals surface area contributed by atoms with E-state index in [2.05, 4.69) is 31.7 Å². The second kappa shape index (κ2) is 7.55. The molecule has 1 fully saturated rings. The summed E-state index contributed by atoms with van der Waals surface area (Å²) in [7, 11) is 2.17. The lowest BCUT2D eigenvalue weighted by atomic mass is 9.97. The van der Waals surface area contributed by atoms with Crippen LogP contribution in [0.5, 0.6) is 0 Å². The molecular weight excluding hydrogens is 364 g/mol. The first kappa shape index (κ1) is 18.2. The average Bonchev–Trinajstić information content (AvgIpc) is 3.04. The van der Waals surface area contributed by atoms with Crippen LogP contribution in [-0.4, -0.2) is 68.7 Å². The Morgan fingerprint density at radius 2 is 1.97 bits per heavy atom. The number of likely N-dealkylation sites (N-methyl/N-ethyl adjacent to an activating group) is 1. The highest BCUT2D eigenvalue weighted by Gasteiger charge is 2.28. The van der Waals surface area contributed by atoms with E-state index in [4.69, 9.17) is 0 Å². The molecule has 0 aliphatic carbocycles. The number of aromatic nitrogens is 4. The van der Waals surface area contributed by atoms with Crippen LogP contribution in [0, 0.1) is 0 Å². The molecule has 0 saturated carbocycles. The van der Waals surface area contributed by atoms with Crippen molar-refractivity contribution in [1.29, 1.82) is 0 Å². The lowest BCUT2D eigenvalue weighted by Crippen LogP contribution is -2.35. The molecule has 1 saturated heterocycles. The van der Waals surface area contributed by atoms with Gasteiger partial charge in [0.15, 0.2) is 0 Å². The number of rotatable bonds is 2. The highest BCUT2D eigenvalue weighted by molar-refractivity contribution is 6.05. The van der Waals surface area contributed by atoms with Crippen molar-refractivity contribution in [2.45, 2.75) is 31.7 Å². The maximum Gasteiger partial charge on any atom is 0.273 e. The zero-order valence-corrected chi connectivity index (χ0v) is 16.8. The van der Waals surface area contributed by atoms with Crippen LogP contribution in [0.4, 0.5) is 0 Å². The van der Waals surface area contributed by atoms with E-state index in [9.17, 15) is 4.79 Å². The molecule has 7 nitrogen and oxygen atoms in total. The van der Waals surface area contributed by atoms with Crippen molar-refractivity contribution in [2.75, 3.05) is 33.2 Å². The fraction of sp³-hybridized carbons (Fsp3) is 0.455. The highest BCUT2D eigenvalue weighted by Crippen LogP contribution is 2.26. The molecule has 2 aliphatic rings. The highest BCUT2D eigenvalue weighted by atomic mass is 16.2. The minimum atomic E-state index is -0.000498. The summed E-state index contributed by atoms with van der Waals surface area (Å²) in [4.78, 5) is 22.0. The third-order valence-electron chi connectivity index (χ3n) is 6.21. The number of likely N-dealkylation sites (tertiary alicyclic amines) is 1. The fourth-order valence-corrected chi connectivity index (χ4v) is 4.67. The van der Waals surface area contributed by atoms with Crippen molar-refractivity contribution in [2.24, 2.45) is 0 Å². The Labute approximate surface area is 170 Å². The largest absolute Gasteiger partial charge is 0.335 e. The summed E-state index contributed by atoms with van der Waals surface area (Å²) in [6, 6.07) is 9.88. The van der Waals surface area contributed by atoms with E-state index in [1.54, 1.807) is 6.20 Å². The first-order valence-corrected chi connectivity index (χ1v) is 10.4. The van der Waals surface area contributed by atoms with Gasteiger partial charge in [-0.05, 0) is 37.9 Å². The van der Waals surface area contributed by atoms with Crippen LogP contribution in [0.2, 0.25) is 0 Å². The predicted octanol–water partition coefficient (Wildman–Crippen LogP) is 2.33. The molecule has 2 aromatic heterocycles. The molecule has 0 N–H and O–H groups in total. The topological polar surface area (TPSA) is 67.2 Å². The normalized spacial score (nSPS) is 20.4. The van der Waals surface area contributed by atoms with E-state index in [0.717, 1.165) is 54.9 Å². The molecule has 7 heteroatoms. The van der Waals surface area contributed by atoms with Crippen molar-refractivity contribution < 1.29 is 4.79 Å². The molecule has 1 amide bonds. The van der Waals surface area contributed by atoms with Gasteiger partial charge >= 0.3 is 0 Å². The molecule has 0 bridgehead atoms. The van der Waals surface area contributed by atoms with E-state index < -0.39 is 0 Å². The summed E-state index contributed by atoms with van der Waals surface area (Å²) in [6.07, 6.45) is 4.80. The number of pyridine rings is 1. The minimum absolute atomic E-state index is 0.000498. The van der Waals surface area contributed by atoms with Crippen LogP contribution < -0.4 is 0 Å². The van der Waals surface area contributed by atoms with Gasteiger partial charge in [0.1, 0.15) is 17.3 Å². The Balaban J connectivity index is 1.37. The number of fused-ring (bicyclic) bond motifs is 2. The van der Waals surface area contributed by atoms with Crippen molar-refractivity contribution in [3.63, 3.8) is 0 Å². The molecule has 150 valence electrons. The van der Waals surface area contributed by atoms with Gasteiger partial charge in [-0.25, -0.2) is 0 Å².